The quantitative estimate of drug-likeness (QED) is 0.754. The van der Waals surface area contributed by atoms with Crippen LogP contribution >= 0.6 is 0 Å². The predicted molar refractivity (Wildman–Crippen MR) is 80.5 cm³/mol. The predicted octanol–water partition coefficient (Wildman–Crippen LogP) is 2.67. The molecule has 0 saturated heterocycles. The van der Waals surface area contributed by atoms with E-state index in [-0.39, 0.29) is 11.8 Å². The van der Waals surface area contributed by atoms with Crippen molar-refractivity contribution in [1.29, 1.82) is 0 Å². The van der Waals surface area contributed by atoms with Crippen LogP contribution in [0.4, 0.5) is 0 Å². The van der Waals surface area contributed by atoms with Gasteiger partial charge in [0, 0.05) is 18.0 Å². The number of aromatic nitrogens is 2. The normalized spacial score (nSPS) is 15.5. The van der Waals surface area contributed by atoms with E-state index in [0.717, 1.165) is 33.6 Å². The fourth-order valence-corrected chi connectivity index (χ4v) is 3.17. The molecule has 1 atom stereocenters. The van der Waals surface area contributed by atoms with Crippen LogP contribution in [0.5, 0.6) is 0 Å². The molecule has 0 fully saturated rings. The smallest absolute Gasteiger partial charge is 0.229 e. The number of amides is 1. The molecule has 0 spiro atoms. The zero-order chi connectivity index (χ0) is 14.4. The van der Waals surface area contributed by atoms with E-state index in [1.807, 2.05) is 42.5 Å². The Hall–Kier alpha value is -2.88. The molecule has 2 aromatic carbocycles. The molecule has 1 heterocycles. The van der Waals surface area contributed by atoms with Crippen molar-refractivity contribution in [3.8, 4) is 22.5 Å². The summed E-state index contributed by atoms with van der Waals surface area (Å²) in [7, 11) is 0. The number of nitrogens with one attached hydrogen (secondary N) is 1. The SMILES string of the molecule is NC(=O)C1c2ccccc2-c2c(-c3ncc[nH]3)cccc21. The Balaban J connectivity index is 2.07. The first-order chi connectivity index (χ1) is 10.3. The lowest BCUT2D eigenvalue weighted by Crippen LogP contribution is -2.20. The van der Waals surface area contributed by atoms with Gasteiger partial charge in [-0.05, 0) is 22.3 Å². The molecule has 1 amide bonds. The van der Waals surface area contributed by atoms with Gasteiger partial charge in [0.25, 0.3) is 0 Å². The van der Waals surface area contributed by atoms with Crippen LogP contribution in [0.3, 0.4) is 0 Å². The van der Waals surface area contributed by atoms with Crippen LogP contribution < -0.4 is 5.73 Å². The third kappa shape index (κ3) is 1.62. The number of primary amides is 1. The summed E-state index contributed by atoms with van der Waals surface area (Å²) in [6, 6.07) is 13.8. The summed E-state index contributed by atoms with van der Waals surface area (Å²) in [5.41, 5.74) is 10.7. The molecular formula is C17H13N3O. The number of aromatic amines is 1. The molecule has 3 N–H and O–H groups in total. The third-order valence-corrected chi connectivity index (χ3v) is 3.99. The topological polar surface area (TPSA) is 71.8 Å². The molecule has 0 aliphatic heterocycles. The molecule has 102 valence electrons. The van der Waals surface area contributed by atoms with Gasteiger partial charge in [-0.15, -0.1) is 0 Å². The van der Waals surface area contributed by atoms with Gasteiger partial charge < -0.3 is 10.7 Å². The number of nitrogens with zero attached hydrogens (tertiary/aromatic N) is 1. The number of carbonyl (C=O) groups is 1. The first kappa shape index (κ1) is 11.9. The maximum atomic E-state index is 11.9. The minimum absolute atomic E-state index is 0.321. The van der Waals surface area contributed by atoms with Crippen LogP contribution in [0.2, 0.25) is 0 Å². The summed E-state index contributed by atoms with van der Waals surface area (Å²) < 4.78 is 0. The van der Waals surface area contributed by atoms with Gasteiger partial charge in [-0.25, -0.2) is 4.98 Å². The number of nitrogens with two attached hydrogens (primary N) is 1. The third-order valence-electron chi connectivity index (χ3n) is 3.99. The van der Waals surface area contributed by atoms with E-state index in [2.05, 4.69) is 9.97 Å². The maximum Gasteiger partial charge on any atom is 0.229 e. The first-order valence-corrected chi connectivity index (χ1v) is 6.78. The highest BCUT2D eigenvalue weighted by molar-refractivity contribution is 5.99. The van der Waals surface area contributed by atoms with Crippen LogP contribution in [-0.2, 0) is 4.79 Å². The number of rotatable bonds is 2. The van der Waals surface area contributed by atoms with Gasteiger partial charge >= 0.3 is 0 Å². The van der Waals surface area contributed by atoms with Crippen molar-refractivity contribution in [1.82, 2.24) is 9.97 Å². The fraction of sp³-hybridized carbons (Fsp3) is 0.0588. The Morgan fingerprint density at radius 2 is 1.81 bits per heavy atom. The maximum absolute atomic E-state index is 11.9. The fourth-order valence-electron chi connectivity index (χ4n) is 3.17. The van der Waals surface area contributed by atoms with E-state index < -0.39 is 0 Å². The molecule has 1 aliphatic carbocycles. The second kappa shape index (κ2) is 4.31. The molecule has 0 radical (unpaired) electrons. The average molecular weight is 275 g/mol. The van der Waals surface area contributed by atoms with Crippen molar-refractivity contribution in [2.45, 2.75) is 5.92 Å². The van der Waals surface area contributed by atoms with E-state index >= 15 is 0 Å². The highest BCUT2D eigenvalue weighted by Crippen LogP contribution is 2.48. The molecule has 1 aromatic heterocycles. The van der Waals surface area contributed by atoms with Crippen molar-refractivity contribution < 1.29 is 4.79 Å². The van der Waals surface area contributed by atoms with Crippen LogP contribution in [0.25, 0.3) is 22.5 Å². The Bertz CT molecular complexity index is 837. The standard InChI is InChI=1S/C17H13N3O/c18-16(21)15-11-5-2-1-4-10(11)14-12(15)6-3-7-13(14)17-19-8-9-20-17/h1-9,15H,(H2,18,21)(H,19,20). The summed E-state index contributed by atoms with van der Waals surface area (Å²) in [6.45, 7) is 0. The summed E-state index contributed by atoms with van der Waals surface area (Å²) in [5.74, 6) is 0.0932. The molecule has 1 unspecified atom stereocenters. The van der Waals surface area contributed by atoms with Crippen LogP contribution in [0.1, 0.15) is 17.0 Å². The minimum Gasteiger partial charge on any atom is -0.369 e. The van der Waals surface area contributed by atoms with Crippen LogP contribution in [-0.4, -0.2) is 15.9 Å². The lowest BCUT2D eigenvalue weighted by atomic mass is 9.95. The number of benzene rings is 2. The largest absolute Gasteiger partial charge is 0.369 e. The molecule has 4 heteroatoms. The Morgan fingerprint density at radius 1 is 1.05 bits per heavy atom. The van der Waals surface area contributed by atoms with Crippen LogP contribution in [0.15, 0.2) is 54.9 Å². The number of H-pyrrole nitrogens is 1. The lowest BCUT2D eigenvalue weighted by molar-refractivity contribution is -0.118. The molecule has 1 aliphatic rings. The Kier molecular flexibility index (Phi) is 2.44. The first-order valence-electron chi connectivity index (χ1n) is 6.78. The minimum atomic E-state index is -0.383. The van der Waals surface area contributed by atoms with Crippen LogP contribution in [0, 0.1) is 0 Å². The number of hydrogen-bond acceptors (Lipinski definition) is 2. The highest BCUT2D eigenvalue weighted by Gasteiger charge is 2.34. The van der Waals surface area contributed by atoms with Gasteiger partial charge in [-0.2, -0.15) is 0 Å². The summed E-state index contributed by atoms with van der Waals surface area (Å²) >= 11 is 0. The van der Waals surface area contributed by atoms with Crippen molar-refractivity contribution in [2.75, 3.05) is 0 Å². The Morgan fingerprint density at radius 3 is 2.57 bits per heavy atom. The van der Waals surface area contributed by atoms with Gasteiger partial charge in [0.1, 0.15) is 5.82 Å². The van der Waals surface area contributed by atoms with E-state index in [0.29, 0.717) is 0 Å². The molecule has 3 aromatic rings. The van der Waals surface area contributed by atoms with Gasteiger partial charge in [0.05, 0.1) is 5.92 Å². The van der Waals surface area contributed by atoms with E-state index in [4.69, 9.17) is 5.73 Å². The van der Waals surface area contributed by atoms with Gasteiger partial charge in [-0.3, -0.25) is 4.79 Å². The zero-order valence-corrected chi connectivity index (χ0v) is 11.2. The van der Waals surface area contributed by atoms with Crippen molar-refractivity contribution >= 4 is 5.91 Å². The van der Waals surface area contributed by atoms with E-state index in [1.165, 1.54) is 0 Å². The van der Waals surface area contributed by atoms with Gasteiger partial charge in [0.15, 0.2) is 0 Å². The number of hydrogen-bond donors (Lipinski definition) is 2. The average Bonchev–Trinajstić information content (AvgIpc) is 3.12. The molecule has 4 rings (SSSR count). The monoisotopic (exact) mass is 275 g/mol. The van der Waals surface area contributed by atoms with E-state index in [9.17, 15) is 4.79 Å². The zero-order valence-electron chi connectivity index (χ0n) is 11.2. The van der Waals surface area contributed by atoms with Crippen molar-refractivity contribution in [3.63, 3.8) is 0 Å². The molecule has 0 bridgehead atoms. The summed E-state index contributed by atoms with van der Waals surface area (Å²) in [6.07, 6.45) is 3.52. The van der Waals surface area contributed by atoms with Crippen molar-refractivity contribution in [2.24, 2.45) is 5.73 Å². The molecule has 21 heavy (non-hydrogen) atoms. The van der Waals surface area contributed by atoms with Gasteiger partial charge in [0.2, 0.25) is 5.91 Å². The van der Waals surface area contributed by atoms with Gasteiger partial charge in [-0.1, -0.05) is 42.5 Å². The van der Waals surface area contributed by atoms with Crippen molar-refractivity contribution in [3.05, 3.63) is 66.0 Å². The summed E-state index contributed by atoms with van der Waals surface area (Å²) in [5, 5.41) is 0. The lowest BCUT2D eigenvalue weighted by Gasteiger charge is -2.09. The number of imidazole rings is 1. The second-order valence-electron chi connectivity index (χ2n) is 5.13. The molecule has 0 saturated carbocycles. The number of carbonyl (C=O) groups excluding carboxylic acids is 1. The van der Waals surface area contributed by atoms with E-state index in [1.54, 1.807) is 12.4 Å². The summed E-state index contributed by atoms with van der Waals surface area (Å²) in [4.78, 5) is 19.4. The number of fused-ring (bicyclic) bond motifs is 3. The highest BCUT2D eigenvalue weighted by atomic mass is 16.1. The molecule has 4 nitrogen and oxygen atoms in total. The second-order valence-corrected chi connectivity index (χ2v) is 5.13. The molecular weight excluding hydrogens is 262 g/mol. The Labute approximate surface area is 121 Å².